The molecule has 2 aromatic heterocycles. The molecule has 0 bridgehead atoms. The summed E-state index contributed by atoms with van der Waals surface area (Å²) in [5, 5.41) is 8.95. The average Bonchev–Trinajstić information content (AvgIpc) is 3.33. The van der Waals surface area contributed by atoms with Gasteiger partial charge in [-0.1, -0.05) is 17.3 Å². The number of anilines is 1. The summed E-state index contributed by atoms with van der Waals surface area (Å²) in [4.78, 5) is 0.713. The van der Waals surface area contributed by atoms with E-state index in [1.54, 1.807) is 13.3 Å². The molecule has 8 heteroatoms. The van der Waals surface area contributed by atoms with Gasteiger partial charge >= 0.3 is 0 Å². The van der Waals surface area contributed by atoms with Crippen molar-refractivity contribution in [1.29, 1.82) is 0 Å². The van der Waals surface area contributed by atoms with Crippen LogP contribution in [0.1, 0.15) is 16.7 Å². The minimum atomic E-state index is -1.47. The Labute approximate surface area is 164 Å². The number of hydrogen-bond donors (Lipinski definition) is 1. The molecule has 2 heterocycles. The second kappa shape index (κ2) is 7.47. The molecule has 1 atom stereocenters. The zero-order valence-electron chi connectivity index (χ0n) is 15.8. The molecule has 0 saturated carbocycles. The summed E-state index contributed by atoms with van der Waals surface area (Å²) >= 11 is 0. The lowest BCUT2D eigenvalue weighted by Crippen LogP contribution is -2.07. The van der Waals surface area contributed by atoms with Crippen LogP contribution in [0, 0.1) is 13.8 Å². The topological polar surface area (TPSA) is 82.2 Å². The van der Waals surface area contributed by atoms with Crippen LogP contribution in [0.5, 0.6) is 5.75 Å². The van der Waals surface area contributed by atoms with E-state index >= 15 is 0 Å². The maximum absolute atomic E-state index is 12.9. The second-order valence-corrected chi connectivity index (χ2v) is 7.66. The fourth-order valence-electron chi connectivity index (χ4n) is 3.06. The Hall–Kier alpha value is -3.13. The molecular formula is C20H20N4O3S. The highest BCUT2D eigenvalue weighted by Gasteiger charge is 2.18. The van der Waals surface area contributed by atoms with Gasteiger partial charge in [-0.15, -0.1) is 0 Å². The standard InChI is InChI=1S/C20H20N4O3S/c1-13-6-4-7-18(14(13)2)28(25)23-20-19-16(26-3)10-15(11-17(19)27-22-20)12-24-9-5-8-21-24/h4-11H,12H2,1-3H3,(H,22,23). The first-order valence-electron chi connectivity index (χ1n) is 8.75. The van der Waals surface area contributed by atoms with E-state index in [0.29, 0.717) is 34.0 Å². The Morgan fingerprint density at radius 3 is 2.86 bits per heavy atom. The van der Waals surface area contributed by atoms with Crippen LogP contribution in [0.25, 0.3) is 11.0 Å². The molecule has 4 rings (SSSR count). The Balaban J connectivity index is 1.68. The quantitative estimate of drug-likeness (QED) is 0.536. The third-order valence-corrected chi connectivity index (χ3v) is 5.89. The van der Waals surface area contributed by atoms with E-state index in [4.69, 9.17) is 9.26 Å². The van der Waals surface area contributed by atoms with Crippen LogP contribution >= 0.6 is 0 Å². The lowest BCUT2D eigenvalue weighted by Gasteiger charge is -2.10. The molecule has 28 heavy (non-hydrogen) atoms. The summed E-state index contributed by atoms with van der Waals surface area (Å²) in [5.41, 5.74) is 3.58. The van der Waals surface area contributed by atoms with Crippen molar-refractivity contribution in [2.24, 2.45) is 0 Å². The summed E-state index contributed by atoms with van der Waals surface area (Å²) in [5.74, 6) is 0.984. The number of nitrogens with zero attached hydrogens (tertiary/aromatic N) is 3. The molecule has 1 N–H and O–H groups in total. The highest BCUT2D eigenvalue weighted by Crippen LogP contribution is 2.34. The monoisotopic (exact) mass is 396 g/mol. The number of ether oxygens (including phenoxy) is 1. The van der Waals surface area contributed by atoms with Crippen molar-refractivity contribution in [3.63, 3.8) is 0 Å². The van der Waals surface area contributed by atoms with Crippen molar-refractivity contribution in [1.82, 2.24) is 14.9 Å². The van der Waals surface area contributed by atoms with Gasteiger partial charge in [-0.2, -0.15) is 5.10 Å². The third-order valence-electron chi connectivity index (χ3n) is 4.67. The predicted octanol–water partition coefficient (Wildman–Crippen LogP) is 3.83. The SMILES string of the molecule is COc1cc(Cn2cccn2)cc2onc(NS(=O)c3cccc(C)c3C)c12. The Bertz CT molecular complexity index is 1150. The average molecular weight is 396 g/mol. The summed E-state index contributed by atoms with van der Waals surface area (Å²) in [7, 11) is 0.114. The van der Waals surface area contributed by atoms with E-state index in [0.717, 1.165) is 16.7 Å². The third kappa shape index (κ3) is 3.38. The highest BCUT2D eigenvalue weighted by molar-refractivity contribution is 7.86. The van der Waals surface area contributed by atoms with E-state index in [2.05, 4.69) is 15.0 Å². The van der Waals surface area contributed by atoms with E-state index in [1.807, 2.05) is 61.1 Å². The number of fused-ring (bicyclic) bond motifs is 1. The number of benzene rings is 2. The molecule has 2 aromatic carbocycles. The van der Waals surface area contributed by atoms with E-state index in [9.17, 15) is 4.21 Å². The zero-order valence-corrected chi connectivity index (χ0v) is 16.6. The smallest absolute Gasteiger partial charge is 0.193 e. The van der Waals surface area contributed by atoms with Gasteiger partial charge in [-0.3, -0.25) is 9.40 Å². The van der Waals surface area contributed by atoms with E-state index in [1.165, 1.54) is 0 Å². The Morgan fingerprint density at radius 2 is 2.11 bits per heavy atom. The van der Waals surface area contributed by atoms with Crippen molar-refractivity contribution in [3.05, 3.63) is 65.5 Å². The van der Waals surface area contributed by atoms with Gasteiger partial charge in [0.2, 0.25) is 0 Å². The van der Waals surface area contributed by atoms with Crippen molar-refractivity contribution in [3.8, 4) is 5.75 Å². The van der Waals surface area contributed by atoms with Crippen LogP contribution < -0.4 is 9.46 Å². The molecule has 7 nitrogen and oxygen atoms in total. The molecule has 0 aliphatic carbocycles. The van der Waals surface area contributed by atoms with Gasteiger partial charge in [0, 0.05) is 12.4 Å². The van der Waals surface area contributed by atoms with Crippen LogP contribution in [-0.2, 0) is 17.5 Å². The van der Waals surface area contributed by atoms with Gasteiger partial charge in [-0.25, -0.2) is 4.21 Å². The van der Waals surface area contributed by atoms with Gasteiger partial charge in [0.1, 0.15) is 11.1 Å². The summed E-state index contributed by atoms with van der Waals surface area (Å²) in [6.07, 6.45) is 3.62. The molecule has 0 saturated heterocycles. The van der Waals surface area contributed by atoms with Crippen LogP contribution in [0.15, 0.2) is 58.2 Å². The minimum absolute atomic E-state index is 0.386. The van der Waals surface area contributed by atoms with Crippen molar-refractivity contribution < 1.29 is 13.5 Å². The molecule has 0 aliphatic heterocycles. The molecule has 4 aromatic rings. The van der Waals surface area contributed by atoms with Gasteiger partial charge in [0.05, 0.1) is 18.6 Å². The van der Waals surface area contributed by atoms with Crippen LogP contribution in [-0.4, -0.2) is 26.3 Å². The number of methoxy groups -OCH3 is 1. The normalized spacial score (nSPS) is 12.2. The Kier molecular flexibility index (Phi) is 4.87. The highest BCUT2D eigenvalue weighted by atomic mass is 32.2. The van der Waals surface area contributed by atoms with Gasteiger partial charge in [-0.05, 0) is 54.8 Å². The fraction of sp³-hybridized carbons (Fsp3) is 0.200. The van der Waals surface area contributed by atoms with Crippen LogP contribution in [0.4, 0.5) is 5.82 Å². The van der Waals surface area contributed by atoms with E-state index in [-0.39, 0.29) is 0 Å². The first-order valence-corrected chi connectivity index (χ1v) is 9.90. The number of rotatable bonds is 6. The summed E-state index contributed by atoms with van der Waals surface area (Å²) < 4.78 is 28.7. The minimum Gasteiger partial charge on any atom is -0.496 e. The largest absolute Gasteiger partial charge is 0.496 e. The molecule has 0 aliphatic rings. The molecule has 144 valence electrons. The molecule has 0 fully saturated rings. The van der Waals surface area contributed by atoms with Crippen LogP contribution in [0.3, 0.4) is 0 Å². The van der Waals surface area contributed by atoms with Gasteiger partial charge < -0.3 is 9.26 Å². The van der Waals surface area contributed by atoms with E-state index < -0.39 is 11.0 Å². The second-order valence-electron chi connectivity index (χ2n) is 6.47. The number of aryl methyl sites for hydroxylation is 1. The first-order chi connectivity index (χ1) is 13.6. The number of aromatic nitrogens is 3. The fourth-order valence-corrected chi connectivity index (χ4v) is 4.13. The maximum Gasteiger partial charge on any atom is 0.193 e. The number of nitrogens with one attached hydrogen (secondary N) is 1. The maximum atomic E-state index is 12.9. The number of hydrogen-bond acceptors (Lipinski definition) is 5. The summed E-state index contributed by atoms with van der Waals surface area (Å²) in [6.45, 7) is 4.52. The van der Waals surface area contributed by atoms with Crippen LogP contribution in [0.2, 0.25) is 0 Å². The molecular weight excluding hydrogens is 376 g/mol. The first kappa shape index (κ1) is 18.2. The van der Waals surface area contributed by atoms with Crippen molar-refractivity contribution >= 4 is 27.8 Å². The van der Waals surface area contributed by atoms with Crippen molar-refractivity contribution in [2.75, 3.05) is 11.8 Å². The molecule has 0 spiro atoms. The lowest BCUT2D eigenvalue weighted by atomic mass is 10.1. The predicted molar refractivity (Wildman–Crippen MR) is 108 cm³/mol. The summed E-state index contributed by atoms with van der Waals surface area (Å²) in [6, 6.07) is 11.4. The molecule has 0 radical (unpaired) electrons. The lowest BCUT2D eigenvalue weighted by molar-refractivity contribution is 0.418. The molecule has 1 unspecified atom stereocenters. The van der Waals surface area contributed by atoms with Crippen molar-refractivity contribution in [2.45, 2.75) is 25.3 Å². The zero-order chi connectivity index (χ0) is 19.7. The van der Waals surface area contributed by atoms with Gasteiger partial charge in [0.25, 0.3) is 0 Å². The Morgan fingerprint density at radius 1 is 1.25 bits per heavy atom. The molecule has 0 amide bonds. The van der Waals surface area contributed by atoms with Gasteiger partial charge in [0.15, 0.2) is 22.4 Å².